The van der Waals surface area contributed by atoms with Crippen LogP contribution in [0.5, 0.6) is 5.88 Å². The number of hydrogen-bond donors (Lipinski definition) is 5. The molecule has 0 fully saturated rings. The summed E-state index contributed by atoms with van der Waals surface area (Å²) in [6.07, 6.45) is 3.87. The van der Waals surface area contributed by atoms with Crippen molar-refractivity contribution in [3.8, 4) is 5.88 Å². The standard InChI is InChI=1S/C43H55N9O6SSi/c1-26(2)60(27(3)4)36-20-30(51(5)6)16-18-33(36)32(34-19-17-31(52(7)8)21-37(34)60)10-9-11-38(53)48-35(24-59(55,56)57)41(54)45-22-28-12-14-29(15-13-28)23-58-42-39-40(47-25-46-39)49-43(44)50-42/h10,12-21,25-27,35H,9,11,22-24H2,1-8H3,(H,45,54)(H,48,53)(H,55,56,57)(H3,44,46,47,49,50). The molecule has 0 saturated carbocycles. The van der Waals surface area contributed by atoms with Gasteiger partial charge in [0.15, 0.2) is 5.65 Å². The van der Waals surface area contributed by atoms with Crippen molar-refractivity contribution < 1.29 is 27.3 Å². The Morgan fingerprint density at radius 2 is 1.48 bits per heavy atom. The van der Waals surface area contributed by atoms with Gasteiger partial charge < -0.3 is 35.9 Å². The van der Waals surface area contributed by atoms with E-state index in [9.17, 15) is 22.6 Å². The number of nitrogens with one attached hydrogen (secondary N) is 3. The van der Waals surface area contributed by atoms with Crippen LogP contribution in [0.4, 0.5) is 17.3 Å². The number of aromatic amines is 1. The molecule has 1 aliphatic heterocycles. The zero-order valence-electron chi connectivity index (χ0n) is 35.4. The maximum atomic E-state index is 13.4. The van der Waals surface area contributed by atoms with Crippen LogP contribution in [0.3, 0.4) is 0 Å². The number of aromatic nitrogens is 4. The second kappa shape index (κ2) is 17.8. The van der Waals surface area contributed by atoms with Gasteiger partial charge in [-0.1, -0.05) is 70.2 Å². The van der Waals surface area contributed by atoms with Gasteiger partial charge in [0.05, 0.1) is 6.33 Å². The molecular formula is C43H55N9O6SSi. The highest BCUT2D eigenvalue weighted by molar-refractivity contribution is 7.85. The molecule has 2 aromatic heterocycles. The average Bonchev–Trinajstić information content (AvgIpc) is 3.66. The zero-order valence-corrected chi connectivity index (χ0v) is 37.2. The number of fused-ring (bicyclic) bond motifs is 3. The smallest absolute Gasteiger partial charge is 0.267 e. The Morgan fingerprint density at radius 3 is 2.03 bits per heavy atom. The van der Waals surface area contributed by atoms with E-state index in [1.807, 2.05) is 0 Å². The van der Waals surface area contributed by atoms with Crippen molar-refractivity contribution in [3.63, 3.8) is 0 Å². The first-order valence-electron chi connectivity index (χ1n) is 19.9. The molecular weight excluding hydrogens is 799 g/mol. The van der Waals surface area contributed by atoms with E-state index in [4.69, 9.17) is 10.5 Å². The van der Waals surface area contributed by atoms with Crippen molar-refractivity contribution in [1.29, 1.82) is 0 Å². The van der Waals surface area contributed by atoms with Crippen molar-refractivity contribution in [1.82, 2.24) is 30.6 Å². The predicted octanol–water partition coefficient (Wildman–Crippen LogP) is 4.24. The molecule has 3 aromatic carbocycles. The minimum absolute atomic E-state index is 0.0110. The molecule has 17 heteroatoms. The lowest BCUT2D eigenvalue weighted by Gasteiger charge is -2.47. The van der Waals surface area contributed by atoms with Crippen molar-refractivity contribution in [3.05, 3.63) is 95.3 Å². The van der Waals surface area contributed by atoms with E-state index in [1.165, 1.54) is 16.7 Å². The van der Waals surface area contributed by atoms with Crippen LogP contribution in [-0.4, -0.2) is 92.8 Å². The van der Waals surface area contributed by atoms with Crippen LogP contribution < -0.4 is 41.3 Å². The molecule has 6 N–H and O–H groups in total. The van der Waals surface area contributed by atoms with Gasteiger partial charge >= 0.3 is 0 Å². The van der Waals surface area contributed by atoms with Gasteiger partial charge in [-0.05, 0) is 80.0 Å². The summed E-state index contributed by atoms with van der Waals surface area (Å²) in [6.45, 7) is 9.58. The lowest BCUT2D eigenvalue weighted by atomic mass is 9.94. The van der Waals surface area contributed by atoms with Gasteiger partial charge in [0.25, 0.3) is 10.1 Å². The Hall–Kier alpha value is -5.78. The average molecular weight is 854 g/mol. The first kappa shape index (κ1) is 43.8. The van der Waals surface area contributed by atoms with Crippen LogP contribution in [0.15, 0.2) is 73.1 Å². The van der Waals surface area contributed by atoms with Crippen molar-refractivity contribution in [2.45, 2.75) is 70.8 Å². The number of amides is 2. The van der Waals surface area contributed by atoms with Crippen LogP contribution >= 0.6 is 0 Å². The number of hydrogen-bond acceptors (Lipinski definition) is 11. The summed E-state index contributed by atoms with van der Waals surface area (Å²) in [7, 11) is 1.22. The molecule has 6 rings (SSSR count). The maximum absolute atomic E-state index is 13.4. The Morgan fingerprint density at radius 1 is 0.900 bits per heavy atom. The summed E-state index contributed by atoms with van der Waals surface area (Å²) in [5.41, 5.74) is 14.6. The Bertz CT molecular complexity index is 2450. The molecule has 0 spiro atoms. The molecule has 1 unspecified atom stereocenters. The van der Waals surface area contributed by atoms with Crippen LogP contribution in [0.1, 0.15) is 62.8 Å². The SMILES string of the molecule is CC(C)[Si]1(C(C)C)c2cc(N(C)C)ccc2C(=CCCC(=O)NC(CS(=O)(=O)O)C(=O)NCc2ccc(COc3nc(N)nc4nc[nH]c34)cc2)c2ccc(N(C)C)cc21. The number of ether oxygens (including phenoxy) is 1. The lowest BCUT2D eigenvalue weighted by Crippen LogP contribution is -2.66. The molecule has 318 valence electrons. The number of nitrogen functional groups attached to an aromatic ring is 1. The van der Waals surface area contributed by atoms with Crippen LogP contribution in [0, 0.1) is 0 Å². The van der Waals surface area contributed by atoms with E-state index in [-0.39, 0.29) is 31.4 Å². The minimum atomic E-state index is -4.62. The number of allylic oxidation sites excluding steroid dienone is 1. The third-order valence-corrected chi connectivity index (χ3v) is 18.2. The molecule has 1 atom stereocenters. The van der Waals surface area contributed by atoms with E-state index in [0.717, 1.165) is 33.6 Å². The van der Waals surface area contributed by atoms with Crippen molar-refractivity contribution >= 4 is 74.4 Å². The number of imidazole rings is 1. The molecule has 1 aliphatic rings. The highest BCUT2D eigenvalue weighted by Crippen LogP contribution is 2.42. The van der Waals surface area contributed by atoms with E-state index >= 15 is 0 Å². The van der Waals surface area contributed by atoms with Crippen LogP contribution in [0.2, 0.25) is 11.1 Å². The van der Waals surface area contributed by atoms with Gasteiger partial charge in [-0.25, -0.2) is 4.98 Å². The summed E-state index contributed by atoms with van der Waals surface area (Å²) in [4.78, 5) is 46.2. The normalized spacial score (nSPS) is 13.8. The van der Waals surface area contributed by atoms with Gasteiger partial charge in [0.1, 0.15) is 32.0 Å². The highest BCUT2D eigenvalue weighted by atomic mass is 32.2. The number of benzene rings is 3. The number of nitrogens with two attached hydrogens (primary N) is 1. The largest absolute Gasteiger partial charge is 0.471 e. The van der Waals surface area contributed by atoms with E-state index < -0.39 is 41.8 Å². The first-order chi connectivity index (χ1) is 28.4. The lowest BCUT2D eigenvalue weighted by molar-refractivity contribution is -0.128. The zero-order chi connectivity index (χ0) is 43.5. The number of carbonyl (C=O) groups is 2. The summed E-state index contributed by atoms with van der Waals surface area (Å²) in [5, 5.41) is 7.99. The van der Waals surface area contributed by atoms with Crippen LogP contribution in [0.25, 0.3) is 16.7 Å². The van der Waals surface area contributed by atoms with Gasteiger partial charge in [-0.15, -0.1) is 0 Å². The van der Waals surface area contributed by atoms with Crippen molar-refractivity contribution in [2.24, 2.45) is 0 Å². The molecule has 2 amide bonds. The Kier molecular flexibility index (Phi) is 13.0. The Balaban J connectivity index is 1.16. The maximum Gasteiger partial charge on any atom is 0.267 e. The highest BCUT2D eigenvalue weighted by Gasteiger charge is 2.49. The van der Waals surface area contributed by atoms with E-state index in [2.05, 4.69) is 139 Å². The third-order valence-electron chi connectivity index (χ3n) is 11.2. The van der Waals surface area contributed by atoms with Gasteiger partial charge in [-0.3, -0.25) is 14.1 Å². The molecule has 15 nitrogen and oxygen atoms in total. The molecule has 0 bridgehead atoms. The second-order valence-electron chi connectivity index (χ2n) is 16.3. The minimum Gasteiger partial charge on any atom is -0.471 e. The fourth-order valence-corrected chi connectivity index (χ4v) is 15.2. The number of H-pyrrole nitrogens is 1. The molecule has 0 saturated heterocycles. The number of rotatable bonds is 16. The number of nitrogens with zero attached hydrogens (tertiary/aromatic N) is 5. The second-order valence-corrected chi connectivity index (χ2v) is 22.9. The third kappa shape index (κ3) is 9.32. The van der Waals surface area contributed by atoms with Gasteiger partial charge in [0.2, 0.25) is 23.6 Å². The van der Waals surface area contributed by atoms with Gasteiger partial charge in [0, 0.05) is 52.5 Å². The molecule has 60 heavy (non-hydrogen) atoms. The summed E-state index contributed by atoms with van der Waals surface area (Å²) >= 11 is 0. The van der Waals surface area contributed by atoms with E-state index in [0.29, 0.717) is 34.2 Å². The fourth-order valence-electron chi connectivity index (χ4n) is 8.35. The summed E-state index contributed by atoms with van der Waals surface area (Å²) in [6, 6.07) is 19.0. The topological polar surface area (TPSA) is 209 Å². The van der Waals surface area contributed by atoms with Crippen LogP contribution in [-0.2, 0) is 32.9 Å². The van der Waals surface area contributed by atoms with Gasteiger partial charge in [-0.2, -0.15) is 18.4 Å². The number of anilines is 3. The first-order valence-corrected chi connectivity index (χ1v) is 23.7. The quantitative estimate of drug-likeness (QED) is 0.0698. The number of carbonyl (C=O) groups excluding carboxylic acids is 2. The Labute approximate surface area is 352 Å². The summed E-state index contributed by atoms with van der Waals surface area (Å²) < 4.78 is 39.5. The molecule has 5 aromatic rings. The molecule has 0 radical (unpaired) electrons. The monoisotopic (exact) mass is 853 g/mol. The van der Waals surface area contributed by atoms with Crippen molar-refractivity contribution in [2.75, 3.05) is 49.5 Å². The fraction of sp³-hybridized carbons (Fsp3) is 0.372. The van der Waals surface area contributed by atoms with E-state index in [1.54, 1.807) is 24.3 Å². The molecule has 0 aliphatic carbocycles. The predicted molar refractivity (Wildman–Crippen MR) is 240 cm³/mol. The molecule has 3 heterocycles. The summed E-state index contributed by atoms with van der Waals surface area (Å²) in [5.74, 6) is -1.94.